The van der Waals surface area contributed by atoms with Crippen LogP contribution in [-0.2, 0) is 40.5 Å². The SMILES string of the molecule is Cc1c(-c2nn(CCOc3ccccc3)c(=O)c3ccccc23)c2cc(Cl)ccc2n1CC(=O)OC(=O)Cn1c(C)c(-c2nn(CC(C)(C)Oc3ccccc3)c(=O)c3ccccc23)c2cc(F)ccc21. The zero-order chi connectivity index (χ0) is 49.6. The van der Waals surface area contributed by atoms with Crippen LogP contribution in [0.3, 0.4) is 0 Å². The minimum atomic E-state index is -0.876. The van der Waals surface area contributed by atoms with E-state index in [4.69, 9.17) is 36.0 Å². The highest BCUT2D eigenvalue weighted by Gasteiger charge is 2.28. The van der Waals surface area contributed by atoms with E-state index in [9.17, 15) is 19.2 Å². The minimum Gasteiger partial charge on any atom is -0.492 e. The molecule has 13 nitrogen and oxygen atoms in total. The summed E-state index contributed by atoms with van der Waals surface area (Å²) in [6.45, 7) is 6.99. The van der Waals surface area contributed by atoms with Gasteiger partial charge in [-0.25, -0.2) is 23.3 Å². The Balaban J connectivity index is 0.965. The molecule has 0 atom stereocenters. The van der Waals surface area contributed by atoms with Gasteiger partial charge in [-0.3, -0.25) is 9.59 Å². The molecule has 0 N–H and O–H groups in total. The molecule has 356 valence electrons. The van der Waals surface area contributed by atoms with Crippen molar-refractivity contribution in [2.45, 2.75) is 59.5 Å². The van der Waals surface area contributed by atoms with E-state index in [0.717, 1.165) is 0 Å². The van der Waals surface area contributed by atoms with Gasteiger partial charge in [0.25, 0.3) is 11.1 Å². The Kier molecular flexibility index (Phi) is 12.3. The maximum Gasteiger partial charge on any atom is 0.333 e. The molecule has 0 saturated carbocycles. The van der Waals surface area contributed by atoms with Crippen molar-refractivity contribution >= 4 is 66.9 Å². The predicted molar refractivity (Wildman–Crippen MR) is 272 cm³/mol. The van der Waals surface area contributed by atoms with Crippen molar-refractivity contribution in [2.75, 3.05) is 6.61 Å². The second-order valence-electron chi connectivity index (χ2n) is 17.9. The molecule has 10 rings (SSSR count). The van der Waals surface area contributed by atoms with Crippen molar-refractivity contribution in [1.29, 1.82) is 0 Å². The zero-order valence-corrected chi connectivity index (χ0v) is 39.9. The Morgan fingerprint density at radius 1 is 0.592 bits per heavy atom. The Hall–Kier alpha value is -8.36. The fraction of sp³-hybridized carbons (Fsp3) is 0.179. The van der Waals surface area contributed by atoms with Gasteiger partial charge in [-0.2, -0.15) is 10.2 Å². The molecular formula is C56H46ClFN6O7. The Morgan fingerprint density at radius 2 is 1.07 bits per heavy atom. The third kappa shape index (κ3) is 9.05. The summed E-state index contributed by atoms with van der Waals surface area (Å²) < 4.78 is 39.1. The Bertz CT molecular complexity index is 3840. The van der Waals surface area contributed by atoms with Crippen LogP contribution in [0.5, 0.6) is 11.5 Å². The van der Waals surface area contributed by atoms with E-state index >= 15 is 4.39 Å². The third-order valence-electron chi connectivity index (χ3n) is 12.6. The van der Waals surface area contributed by atoms with Crippen LogP contribution in [-0.4, -0.2) is 52.8 Å². The summed E-state index contributed by atoms with van der Waals surface area (Å²) in [7, 11) is 0. The predicted octanol–water partition coefficient (Wildman–Crippen LogP) is 10.5. The van der Waals surface area contributed by atoms with Gasteiger partial charge in [0.15, 0.2) is 0 Å². The first-order valence-electron chi connectivity index (χ1n) is 23.0. The van der Waals surface area contributed by atoms with E-state index in [2.05, 4.69) is 0 Å². The van der Waals surface area contributed by atoms with Gasteiger partial charge in [-0.1, -0.05) is 84.4 Å². The van der Waals surface area contributed by atoms with Crippen LogP contribution in [0.15, 0.2) is 155 Å². The van der Waals surface area contributed by atoms with Crippen molar-refractivity contribution < 1.29 is 28.2 Å². The molecule has 15 heteroatoms. The van der Waals surface area contributed by atoms with E-state index in [1.807, 2.05) is 93.6 Å². The standard InChI is InChI=1S/C56H46ClFN6O7/c1-34-50(52-40-19-11-13-21-42(40)54(67)63(59-52)27-28-69-38-15-7-5-8-16-38)44-29-36(57)23-25-46(44)61(34)31-48(65)70-49(66)32-62-35(2)51(45-30-37(58)24-26-47(45)62)53-41-20-12-14-22-43(41)55(68)64(60-53)33-56(3,4)71-39-17-9-6-10-18-39/h5-26,29-30H,27-28,31-33H2,1-4H3. The van der Waals surface area contributed by atoms with Gasteiger partial charge in [0.05, 0.1) is 23.9 Å². The quantitative estimate of drug-likeness (QED) is 0.0769. The number of rotatable bonds is 14. The first-order chi connectivity index (χ1) is 34.2. The van der Waals surface area contributed by atoms with E-state index in [-0.39, 0.29) is 37.4 Å². The van der Waals surface area contributed by atoms with Crippen molar-refractivity contribution in [3.8, 4) is 34.0 Å². The molecule has 0 aliphatic rings. The molecule has 0 radical (unpaired) electrons. The lowest BCUT2D eigenvalue weighted by atomic mass is 10.0. The van der Waals surface area contributed by atoms with E-state index < -0.39 is 29.9 Å². The van der Waals surface area contributed by atoms with E-state index in [1.165, 1.54) is 21.5 Å². The Morgan fingerprint density at radius 3 is 1.65 bits per heavy atom. The fourth-order valence-corrected chi connectivity index (χ4v) is 9.60. The molecule has 71 heavy (non-hydrogen) atoms. The molecule has 0 fully saturated rings. The number of fused-ring (bicyclic) bond motifs is 4. The first-order valence-corrected chi connectivity index (χ1v) is 23.3. The van der Waals surface area contributed by atoms with Crippen LogP contribution < -0.4 is 20.6 Å². The molecule has 0 aliphatic carbocycles. The number of halogens is 2. The van der Waals surface area contributed by atoms with Gasteiger partial charge >= 0.3 is 11.9 Å². The molecule has 6 aromatic carbocycles. The lowest BCUT2D eigenvalue weighted by Crippen LogP contribution is -2.39. The highest BCUT2D eigenvalue weighted by Crippen LogP contribution is 2.39. The monoisotopic (exact) mass is 968 g/mol. The van der Waals surface area contributed by atoms with Gasteiger partial charge in [-0.15, -0.1) is 0 Å². The molecule has 0 saturated heterocycles. The lowest BCUT2D eigenvalue weighted by Gasteiger charge is -2.27. The number of carbonyl (C=O) groups excluding carboxylic acids is 2. The molecule has 0 aliphatic heterocycles. The summed E-state index contributed by atoms with van der Waals surface area (Å²) in [6.07, 6.45) is 0. The number of esters is 2. The zero-order valence-electron chi connectivity index (χ0n) is 39.2. The second-order valence-corrected chi connectivity index (χ2v) is 18.3. The number of para-hydroxylation sites is 2. The fourth-order valence-electron chi connectivity index (χ4n) is 9.43. The van der Waals surface area contributed by atoms with Crippen LogP contribution >= 0.6 is 11.6 Å². The van der Waals surface area contributed by atoms with Crippen molar-refractivity contribution in [3.05, 3.63) is 189 Å². The molecular weight excluding hydrogens is 923 g/mol. The largest absolute Gasteiger partial charge is 0.492 e. The summed E-state index contributed by atoms with van der Waals surface area (Å²) in [5.41, 5.74) is 2.80. The van der Waals surface area contributed by atoms with E-state index in [0.29, 0.717) is 93.8 Å². The number of hydrogen-bond donors (Lipinski definition) is 0. The van der Waals surface area contributed by atoms with Gasteiger partial charge < -0.3 is 23.3 Å². The second kappa shape index (κ2) is 18.9. The number of carbonyl (C=O) groups is 2. The molecule has 0 unspecified atom stereocenters. The smallest absolute Gasteiger partial charge is 0.333 e. The van der Waals surface area contributed by atoms with Crippen molar-refractivity contribution in [1.82, 2.24) is 28.7 Å². The number of aromatic nitrogens is 6. The molecule has 10 aromatic rings. The molecule has 4 heterocycles. The molecule has 0 amide bonds. The molecule has 0 bridgehead atoms. The summed E-state index contributed by atoms with van der Waals surface area (Å²) in [5, 5.41) is 13.4. The normalized spacial score (nSPS) is 11.7. The van der Waals surface area contributed by atoms with Gasteiger partial charge in [0.2, 0.25) is 0 Å². The van der Waals surface area contributed by atoms with Crippen LogP contribution in [0.2, 0.25) is 5.02 Å². The minimum absolute atomic E-state index is 0.0773. The van der Waals surface area contributed by atoms with Crippen molar-refractivity contribution in [3.63, 3.8) is 0 Å². The van der Waals surface area contributed by atoms with E-state index in [1.54, 1.807) is 76.7 Å². The number of hydrogen-bond acceptors (Lipinski definition) is 9. The van der Waals surface area contributed by atoms with Gasteiger partial charge in [-0.05, 0) is 100 Å². The van der Waals surface area contributed by atoms with Crippen molar-refractivity contribution in [2.24, 2.45) is 0 Å². The number of ether oxygens (including phenoxy) is 3. The topological polar surface area (TPSA) is 141 Å². The van der Waals surface area contributed by atoms with Gasteiger partial charge in [0.1, 0.15) is 54.0 Å². The summed E-state index contributed by atoms with van der Waals surface area (Å²) in [5.74, 6) is -0.918. The highest BCUT2D eigenvalue weighted by molar-refractivity contribution is 6.31. The lowest BCUT2D eigenvalue weighted by molar-refractivity contribution is -0.160. The average molecular weight is 969 g/mol. The van der Waals surface area contributed by atoms with Crippen LogP contribution in [0.25, 0.3) is 65.9 Å². The summed E-state index contributed by atoms with van der Waals surface area (Å²) in [6, 6.07) is 42.3. The average Bonchev–Trinajstić information content (AvgIpc) is 3.77. The molecule has 4 aromatic heterocycles. The third-order valence-corrected chi connectivity index (χ3v) is 12.8. The number of nitrogens with zero attached hydrogens (tertiary/aromatic N) is 6. The maximum absolute atomic E-state index is 15.2. The maximum atomic E-state index is 15.2. The molecule has 0 spiro atoms. The summed E-state index contributed by atoms with van der Waals surface area (Å²) >= 11 is 6.61. The van der Waals surface area contributed by atoms with Crippen LogP contribution in [0.4, 0.5) is 4.39 Å². The van der Waals surface area contributed by atoms with Crippen LogP contribution in [0, 0.1) is 19.7 Å². The number of benzene rings is 6. The van der Waals surface area contributed by atoms with Crippen LogP contribution in [0.1, 0.15) is 25.2 Å². The first kappa shape index (κ1) is 46.4. The Labute approximate surface area is 410 Å². The van der Waals surface area contributed by atoms with Gasteiger partial charge in [0, 0.05) is 60.1 Å². The highest BCUT2D eigenvalue weighted by atomic mass is 35.5. The summed E-state index contributed by atoms with van der Waals surface area (Å²) in [4.78, 5) is 55.7.